The van der Waals surface area contributed by atoms with Crippen molar-refractivity contribution in [3.05, 3.63) is 53.1 Å². The Morgan fingerprint density at radius 3 is 2.43 bits per heavy atom. The molecule has 0 aromatic heterocycles. The van der Waals surface area contributed by atoms with Gasteiger partial charge in [-0.25, -0.2) is 0 Å². The van der Waals surface area contributed by atoms with Gasteiger partial charge in [0.2, 0.25) is 0 Å². The molecule has 1 aliphatic heterocycles. The Morgan fingerprint density at radius 2 is 1.76 bits per heavy atom. The maximum Gasteiger partial charge on any atom is 0.103 e. The summed E-state index contributed by atoms with van der Waals surface area (Å²) in [6, 6.07) is 15.9. The molecule has 1 fully saturated rings. The molecule has 2 aromatic carbocycles. The number of halogens is 1. The maximum absolute atomic E-state index is 9.18. The van der Waals surface area contributed by atoms with Gasteiger partial charge in [-0.05, 0) is 49.2 Å². The Bertz CT molecular complexity index is 667. The molecule has 1 saturated heterocycles. The van der Waals surface area contributed by atoms with Gasteiger partial charge in [-0.3, -0.25) is 0 Å². The van der Waals surface area contributed by atoms with Crippen molar-refractivity contribution in [3.8, 4) is 6.07 Å². The van der Waals surface area contributed by atoms with Crippen LogP contribution in [0.4, 0.5) is 17.1 Å². The molecule has 1 heterocycles. The van der Waals surface area contributed by atoms with Crippen molar-refractivity contribution in [1.29, 1.82) is 5.26 Å². The lowest BCUT2D eigenvalue weighted by molar-refractivity contribution is 0.949. The molecule has 0 unspecified atom stereocenters. The van der Waals surface area contributed by atoms with Crippen LogP contribution in [0, 0.1) is 11.3 Å². The fraction of sp³-hybridized carbons (Fsp3) is 0.235. The Balaban J connectivity index is 1.79. The highest BCUT2D eigenvalue weighted by atomic mass is 35.5. The van der Waals surface area contributed by atoms with Crippen LogP contribution in [0.25, 0.3) is 0 Å². The average molecular weight is 298 g/mol. The predicted octanol–water partition coefficient (Wildman–Crippen LogP) is 4.56. The van der Waals surface area contributed by atoms with E-state index in [-0.39, 0.29) is 0 Å². The fourth-order valence-electron chi connectivity index (χ4n) is 2.63. The summed E-state index contributed by atoms with van der Waals surface area (Å²) in [6.45, 7) is 2.28. The number of benzene rings is 2. The van der Waals surface area contributed by atoms with Crippen LogP contribution in [0.3, 0.4) is 0 Å². The van der Waals surface area contributed by atoms with Crippen LogP contribution < -0.4 is 10.2 Å². The molecule has 106 valence electrons. The van der Waals surface area contributed by atoms with Crippen molar-refractivity contribution in [1.82, 2.24) is 0 Å². The summed E-state index contributed by atoms with van der Waals surface area (Å²) < 4.78 is 0. The van der Waals surface area contributed by atoms with Crippen LogP contribution in [0.5, 0.6) is 0 Å². The van der Waals surface area contributed by atoms with Crippen molar-refractivity contribution >= 4 is 28.7 Å². The highest BCUT2D eigenvalue weighted by Crippen LogP contribution is 2.28. The Labute approximate surface area is 129 Å². The number of hydrogen-bond donors (Lipinski definition) is 1. The van der Waals surface area contributed by atoms with Gasteiger partial charge in [-0.15, -0.1) is 0 Å². The third-order valence-electron chi connectivity index (χ3n) is 3.74. The molecule has 0 radical (unpaired) electrons. The van der Waals surface area contributed by atoms with Gasteiger partial charge in [0.25, 0.3) is 0 Å². The first kappa shape index (κ1) is 13.8. The van der Waals surface area contributed by atoms with E-state index in [1.807, 2.05) is 24.3 Å². The zero-order valence-corrected chi connectivity index (χ0v) is 12.4. The topological polar surface area (TPSA) is 39.1 Å². The third-order valence-corrected chi connectivity index (χ3v) is 4.06. The monoisotopic (exact) mass is 297 g/mol. The molecule has 0 bridgehead atoms. The van der Waals surface area contributed by atoms with Crippen LogP contribution in [0.15, 0.2) is 42.5 Å². The molecule has 21 heavy (non-hydrogen) atoms. The molecule has 0 aliphatic carbocycles. The Kier molecular flexibility index (Phi) is 3.98. The second-order valence-electron chi connectivity index (χ2n) is 5.14. The van der Waals surface area contributed by atoms with E-state index in [4.69, 9.17) is 11.6 Å². The van der Waals surface area contributed by atoms with E-state index < -0.39 is 0 Å². The first-order chi connectivity index (χ1) is 10.3. The molecular formula is C17H16ClN3. The minimum Gasteiger partial charge on any atom is -0.372 e. The summed E-state index contributed by atoms with van der Waals surface area (Å²) in [6.07, 6.45) is 2.54. The molecule has 1 N–H and O–H groups in total. The van der Waals surface area contributed by atoms with Gasteiger partial charge in [0, 0.05) is 24.5 Å². The molecular weight excluding hydrogens is 282 g/mol. The summed E-state index contributed by atoms with van der Waals surface area (Å²) in [5.41, 5.74) is 3.42. The lowest BCUT2D eigenvalue weighted by Gasteiger charge is -2.18. The SMILES string of the molecule is N#Cc1c(Cl)cccc1Nc1ccc(N2CCCC2)cc1. The Hall–Kier alpha value is -2.18. The lowest BCUT2D eigenvalue weighted by Crippen LogP contribution is -2.17. The van der Waals surface area contributed by atoms with Crippen LogP contribution in [-0.2, 0) is 0 Å². The average Bonchev–Trinajstić information content (AvgIpc) is 3.03. The van der Waals surface area contributed by atoms with Crippen LogP contribution in [0.1, 0.15) is 18.4 Å². The largest absolute Gasteiger partial charge is 0.372 e. The molecule has 0 atom stereocenters. The smallest absolute Gasteiger partial charge is 0.103 e. The van der Waals surface area contributed by atoms with Crippen molar-refractivity contribution < 1.29 is 0 Å². The van der Waals surface area contributed by atoms with E-state index in [0.717, 1.165) is 24.5 Å². The fourth-order valence-corrected chi connectivity index (χ4v) is 2.85. The third kappa shape index (κ3) is 2.96. The first-order valence-electron chi connectivity index (χ1n) is 7.08. The van der Waals surface area contributed by atoms with Gasteiger partial charge in [-0.1, -0.05) is 17.7 Å². The summed E-state index contributed by atoms with van der Waals surface area (Å²) >= 11 is 6.04. The second kappa shape index (κ2) is 6.07. The number of nitriles is 1. The number of rotatable bonds is 3. The maximum atomic E-state index is 9.18. The van der Waals surface area contributed by atoms with Gasteiger partial charge in [0.15, 0.2) is 0 Å². The molecule has 2 aromatic rings. The molecule has 1 aliphatic rings. The van der Waals surface area contributed by atoms with E-state index in [0.29, 0.717) is 10.6 Å². The van der Waals surface area contributed by atoms with E-state index in [9.17, 15) is 5.26 Å². The van der Waals surface area contributed by atoms with E-state index in [1.165, 1.54) is 18.5 Å². The highest BCUT2D eigenvalue weighted by molar-refractivity contribution is 6.32. The normalized spacial score (nSPS) is 14.0. The molecule has 4 heteroatoms. The molecule has 3 rings (SSSR count). The van der Waals surface area contributed by atoms with Crippen molar-refractivity contribution in [2.45, 2.75) is 12.8 Å². The first-order valence-corrected chi connectivity index (χ1v) is 7.46. The number of nitrogens with one attached hydrogen (secondary N) is 1. The van der Waals surface area contributed by atoms with Crippen LogP contribution >= 0.6 is 11.6 Å². The van der Waals surface area contributed by atoms with Crippen LogP contribution in [0.2, 0.25) is 5.02 Å². The van der Waals surface area contributed by atoms with Gasteiger partial charge in [0.1, 0.15) is 6.07 Å². The zero-order valence-electron chi connectivity index (χ0n) is 11.6. The summed E-state index contributed by atoms with van der Waals surface area (Å²) in [5.74, 6) is 0. The number of hydrogen-bond acceptors (Lipinski definition) is 3. The summed E-state index contributed by atoms with van der Waals surface area (Å²) in [4.78, 5) is 2.39. The predicted molar refractivity (Wildman–Crippen MR) is 87.3 cm³/mol. The number of anilines is 3. The van der Waals surface area contributed by atoms with E-state index in [1.54, 1.807) is 6.07 Å². The van der Waals surface area contributed by atoms with E-state index in [2.05, 4.69) is 28.4 Å². The molecule has 0 amide bonds. The molecule has 0 saturated carbocycles. The highest BCUT2D eigenvalue weighted by Gasteiger charge is 2.12. The minimum absolute atomic E-state index is 0.469. The quantitative estimate of drug-likeness (QED) is 0.903. The second-order valence-corrected chi connectivity index (χ2v) is 5.55. The van der Waals surface area contributed by atoms with Gasteiger partial charge in [0.05, 0.1) is 16.3 Å². The summed E-state index contributed by atoms with van der Waals surface area (Å²) in [7, 11) is 0. The van der Waals surface area contributed by atoms with Crippen molar-refractivity contribution in [2.75, 3.05) is 23.3 Å². The molecule has 3 nitrogen and oxygen atoms in total. The zero-order chi connectivity index (χ0) is 14.7. The van der Waals surface area contributed by atoms with E-state index >= 15 is 0 Å². The Morgan fingerprint density at radius 1 is 1.05 bits per heavy atom. The summed E-state index contributed by atoms with van der Waals surface area (Å²) in [5, 5.41) is 12.9. The standard InChI is InChI=1S/C17H16ClN3/c18-16-4-3-5-17(15(16)12-19)20-13-6-8-14(9-7-13)21-10-1-2-11-21/h3-9,20H,1-2,10-11H2. The number of nitrogens with zero attached hydrogens (tertiary/aromatic N) is 2. The lowest BCUT2D eigenvalue weighted by atomic mass is 10.2. The van der Waals surface area contributed by atoms with Crippen LogP contribution in [-0.4, -0.2) is 13.1 Å². The molecule has 0 spiro atoms. The minimum atomic E-state index is 0.469. The van der Waals surface area contributed by atoms with Gasteiger partial charge in [-0.2, -0.15) is 5.26 Å². The van der Waals surface area contributed by atoms with Crippen molar-refractivity contribution in [2.24, 2.45) is 0 Å². The van der Waals surface area contributed by atoms with Crippen molar-refractivity contribution in [3.63, 3.8) is 0 Å². The van der Waals surface area contributed by atoms with Gasteiger partial charge >= 0.3 is 0 Å². The van der Waals surface area contributed by atoms with Gasteiger partial charge < -0.3 is 10.2 Å².